The summed E-state index contributed by atoms with van der Waals surface area (Å²) in [6.07, 6.45) is 4.26. The lowest BCUT2D eigenvalue weighted by Gasteiger charge is -2.10. The maximum Gasteiger partial charge on any atom is 0.114 e. The van der Waals surface area contributed by atoms with Crippen molar-refractivity contribution in [2.75, 3.05) is 6.54 Å². The molecule has 1 fully saturated rings. The lowest BCUT2D eigenvalue weighted by Crippen LogP contribution is -2.21. The van der Waals surface area contributed by atoms with Crippen LogP contribution in [0.1, 0.15) is 35.4 Å². The van der Waals surface area contributed by atoms with Crippen molar-refractivity contribution >= 4 is 0 Å². The molecule has 1 aliphatic rings. The second-order valence-corrected chi connectivity index (χ2v) is 5.88. The van der Waals surface area contributed by atoms with Gasteiger partial charge in [-0.25, -0.2) is 4.98 Å². The molecule has 0 radical (unpaired) electrons. The summed E-state index contributed by atoms with van der Waals surface area (Å²) in [5.74, 6) is 1.06. The molecule has 0 unspecified atom stereocenters. The van der Waals surface area contributed by atoms with Gasteiger partial charge in [-0.3, -0.25) is 0 Å². The molecule has 3 heteroatoms. The molecule has 3 N–H and O–H groups in total. The Morgan fingerprint density at radius 2 is 1.84 bits per heavy atom. The van der Waals surface area contributed by atoms with Gasteiger partial charge in [-0.1, -0.05) is 6.07 Å². The number of benzene rings is 1. The number of aryl methyl sites for hydroxylation is 3. The summed E-state index contributed by atoms with van der Waals surface area (Å²) in [4.78, 5) is 8.03. The highest BCUT2D eigenvalue weighted by molar-refractivity contribution is 5.65. The van der Waals surface area contributed by atoms with Crippen LogP contribution in [0.2, 0.25) is 0 Å². The number of hydrogen-bond acceptors (Lipinski definition) is 2. The second-order valence-electron chi connectivity index (χ2n) is 5.88. The van der Waals surface area contributed by atoms with Crippen LogP contribution in [0.25, 0.3) is 11.3 Å². The van der Waals surface area contributed by atoms with Crippen LogP contribution in [0.5, 0.6) is 0 Å². The molecule has 0 saturated heterocycles. The highest BCUT2D eigenvalue weighted by Crippen LogP contribution is 2.46. The van der Waals surface area contributed by atoms with Gasteiger partial charge in [0.1, 0.15) is 5.82 Å². The maximum absolute atomic E-state index is 5.86. The van der Waals surface area contributed by atoms with Crippen molar-refractivity contribution < 1.29 is 0 Å². The molecule has 2 aromatic rings. The molecule has 3 nitrogen and oxygen atoms in total. The molecular weight excluding hydrogens is 234 g/mol. The van der Waals surface area contributed by atoms with E-state index in [1.165, 1.54) is 22.3 Å². The maximum atomic E-state index is 5.86. The highest BCUT2D eigenvalue weighted by atomic mass is 15.0. The van der Waals surface area contributed by atoms with Crippen LogP contribution in [0.15, 0.2) is 18.3 Å². The van der Waals surface area contributed by atoms with Crippen molar-refractivity contribution in [1.82, 2.24) is 9.97 Å². The van der Waals surface area contributed by atoms with Gasteiger partial charge < -0.3 is 10.7 Å². The first-order valence-electron chi connectivity index (χ1n) is 6.89. The average Bonchev–Trinajstić information content (AvgIpc) is 3.04. The molecule has 1 saturated carbocycles. The first kappa shape index (κ1) is 12.4. The van der Waals surface area contributed by atoms with E-state index in [0.717, 1.165) is 24.4 Å². The normalized spacial score (nSPS) is 16.6. The van der Waals surface area contributed by atoms with Crippen molar-refractivity contribution in [2.45, 2.75) is 39.0 Å². The molecule has 0 bridgehead atoms. The van der Waals surface area contributed by atoms with Crippen LogP contribution in [0.4, 0.5) is 0 Å². The third-order valence-corrected chi connectivity index (χ3v) is 4.45. The van der Waals surface area contributed by atoms with E-state index in [4.69, 9.17) is 5.73 Å². The van der Waals surface area contributed by atoms with Crippen LogP contribution in [0.3, 0.4) is 0 Å². The summed E-state index contributed by atoms with van der Waals surface area (Å²) >= 11 is 0. The zero-order chi connectivity index (χ0) is 13.6. The molecule has 0 spiro atoms. The van der Waals surface area contributed by atoms with E-state index < -0.39 is 0 Å². The number of aromatic nitrogens is 2. The van der Waals surface area contributed by atoms with E-state index in [1.54, 1.807) is 0 Å². The fraction of sp³-hybridized carbons (Fsp3) is 0.438. The van der Waals surface area contributed by atoms with Crippen LogP contribution < -0.4 is 5.73 Å². The number of rotatable bonds is 3. The Balaban J connectivity index is 2.02. The molecule has 0 atom stereocenters. The van der Waals surface area contributed by atoms with E-state index in [1.807, 2.05) is 6.20 Å². The molecule has 0 amide bonds. The minimum atomic E-state index is 0.131. The van der Waals surface area contributed by atoms with E-state index in [-0.39, 0.29) is 5.41 Å². The Kier molecular flexibility index (Phi) is 2.75. The molecule has 19 heavy (non-hydrogen) atoms. The summed E-state index contributed by atoms with van der Waals surface area (Å²) in [6, 6.07) is 4.48. The summed E-state index contributed by atoms with van der Waals surface area (Å²) in [5.41, 5.74) is 12.3. The summed E-state index contributed by atoms with van der Waals surface area (Å²) in [7, 11) is 0. The number of aromatic amines is 1. The van der Waals surface area contributed by atoms with Gasteiger partial charge in [-0.2, -0.15) is 0 Å². The first-order valence-corrected chi connectivity index (χ1v) is 6.89. The SMILES string of the molecule is Cc1cc(C)c(-c2cnc(C3(CN)CC3)[nH]2)cc1C. The van der Waals surface area contributed by atoms with Crippen molar-refractivity contribution in [3.63, 3.8) is 0 Å². The topological polar surface area (TPSA) is 54.7 Å². The minimum absolute atomic E-state index is 0.131. The number of hydrogen-bond donors (Lipinski definition) is 2. The first-order chi connectivity index (χ1) is 9.05. The lowest BCUT2D eigenvalue weighted by atomic mass is 9.99. The number of nitrogens with zero attached hydrogens (tertiary/aromatic N) is 1. The van der Waals surface area contributed by atoms with Crippen LogP contribution in [-0.4, -0.2) is 16.5 Å². The molecular formula is C16H21N3. The van der Waals surface area contributed by atoms with Gasteiger partial charge in [0.05, 0.1) is 11.9 Å². The molecule has 1 aromatic carbocycles. The third kappa shape index (κ3) is 1.98. The molecule has 1 aromatic heterocycles. The van der Waals surface area contributed by atoms with Crippen LogP contribution >= 0.6 is 0 Å². The van der Waals surface area contributed by atoms with Crippen molar-refractivity contribution in [2.24, 2.45) is 5.73 Å². The van der Waals surface area contributed by atoms with E-state index >= 15 is 0 Å². The predicted octanol–water partition coefficient (Wildman–Crippen LogP) is 2.99. The van der Waals surface area contributed by atoms with E-state index in [0.29, 0.717) is 6.54 Å². The Morgan fingerprint density at radius 1 is 1.16 bits per heavy atom. The fourth-order valence-electron chi connectivity index (χ4n) is 2.67. The van der Waals surface area contributed by atoms with Crippen molar-refractivity contribution in [3.05, 3.63) is 40.8 Å². The van der Waals surface area contributed by atoms with Gasteiger partial charge in [-0.05, 0) is 56.4 Å². The Morgan fingerprint density at radius 3 is 2.47 bits per heavy atom. The van der Waals surface area contributed by atoms with Gasteiger partial charge >= 0.3 is 0 Å². The van der Waals surface area contributed by atoms with E-state index in [2.05, 4.69) is 42.9 Å². The standard InChI is InChI=1S/C16H21N3/c1-10-6-12(3)13(7-11(10)2)14-8-18-15(19-14)16(9-17)4-5-16/h6-8H,4-5,9,17H2,1-3H3,(H,18,19). The monoisotopic (exact) mass is 255 g/mol. The molecule has 3 rings (SSSR count). The second kappa shape index (κ2) is 4.20. The highest BCUT2D eigenvalue weighted by Gasteiger charge is 2.45. The average molecular weight is 255 g/mol. The number of imidazole rings is 1. The number of H-pyrrole nitrogens is 1. The summed E-state index contributed by atoms with van der Waals surface area (Å²) in [6.45, 7) is 7.14. The van der Waals surface area contributed by atoms with Crippen LogP contribution in [-0.2, 0) is 5.41 Å². The van der Waals surface area contributed by atoms with Gasteiger partial charge in [0.15, 0.2) is 0 Å². The summed E-state index contributed by atoms with van der Waals surface area (Å²) < 4.78 is 0. The van der Waals surface area contributed by atoms with Gasteiger partial charge in [-0.15, -0.1) is 0 Å². The Labute approximate surface area is 114 Å². The van der Waals surface area contributed by atoms with Crippen LogP contribution in [0, 0.1) is 20.8 Å². The minimum Gasteiger partial charge on any atom is -0.341 e. The number of nitrogens with one attached hydrogen (secondary N) is 1. The number of nitrogens with two attached hydrogens (primary N) is 1. The molecule has 0 aliphatic heterocycles. The predicted molar refractivity (Wildman–Crippen MR) is 78.2 cm³/mol. The molecule has 1 heterocycles. The van der Waals surface area contributed by atoms with Gasteiger partial charge in [0.25, 0.3) is 0 Å². The largest absolute Gasteiger partial charge is 0.341 e. The molecule has 100 valence electrons. The Hall–Kier alpha value is -1.61. The zero-order valence-electron chi connectivity index (χ0n) is 11.9. The third-order valence-electron chi connectivity index (χ3n) is 4.45. The molecule has 1 aliphatic carbocycles. The van der Waals surface area contributed by atoms with Crippen molar-refractivity contribution in [1.29, 1.82) is 0 Å². The zero-order valence-corrected chi connectivity index (χ0v) is 11.9. The lowest BCUT2D eigenvalue weighted by molar-refractivity contribution is 0.659. The van der Waals surface area contributed by atoms with Crippen molar-refractivity contribution in [3.8, 4) is 11.3 Å². The summed E-state index contributed by atoms with van der Waals surface area (Å²) in [5, 5.41) is 0. The Bertz CT molecular complexity index is 621. The quantitative estimate of drug-likeness (QED) is 0.886. The van der Waals surface area contributed by atoms with Gasteiger partial charge in [0, 0.05) is 17.5 Å². The van der Waals surface area contributed by atoms with E-state index in [9.17, 15) is 0 Å². The fourth-order valence-corrected chi connectivity index (χ4v) is 2.67. The van der Waals surface area contributed by atoms with Gasteiger partial charge in [0.2, 0.25) is 0 Å². The smallest absolute Gasteiger partial charge is 0.114 e.